The molecule has 1 aromatic rings. The first kappa shape index (κ1) is 14.7. The Bertz CT molecular complexity index is 463. The van der Waals surface area contributed by atoms with Gasteiger partial charge in [0.25, 0.3) is 5.78 Å². The summed E-state index contributed by atoms with van der Waals surface area (Å²) in [7, 11) is 0. The van der Waals surface area contributed by atoms with Crippen molar-refractivity contribution < 1.29 is 19.1 Å². The molecule has 0 saturated carbocycles. The molecule has 0 aromatic heterocycles. The second kappa shape index (κ2) is 7.17. The molecule has 0 radical (unpaired) electrons. The van der Waals surface area contributed by atoms with E-state index in [1.807, 2.05) is 12.1 Å². The number of ketones is 1. The van der Waals surface area contributed by atoms with Crippen LogP contribution in [0, 0.1) is 0 Å². The number of benzene rings is 1. The highest BCUT2D eigenvalue weighted by Gasteiger charge is 2.17. The molecule has 1 saturated heterocycles. The summed E-state index contributed by atoms with van der Waals surface area (Å²) in [4.78, 5) is 25.4. The van der Waals surface area contributed by atoms with Gasteiger partial charge < -0.3 is 9.47 Å². The number of hydrogen-bond acceptors (Lipinski definition) is 5. The van der Waals surface area contributed by atoms with E-state index < -0.39 is 11.8 Å². The molecule has 5 heteroatoms. The van der Waals surface area contributed by atoms with Crippen LogP contribution in [0.2, 0.25) is 0 Å². The van der Waals surface area contributed by atoms with Crippen LogP contribution in [0.4, 0.5) is 0 Å². The van der Waals surface area contributed by atoms with Crippen LogP contribution in [-0.4, -0.2) is 49.6 Å². The Morgan fingerprint density at radius 2 is 1.85 bits per heavy atom. The molecule has 1 aliphatic rings. The maximum absolute atomic E-state index is 11.7. The van der Waals surface area contributed by atoms with Gasteiger partial charge in [-0.25, -0.2) is 4.79 Å². The third kappa shape index (κ3) is 3.88. The third-order valence-electron chi connectivity index (χ3n) is 3.19. The second-order valence-corrected chi connectivity index (χ2v) is 4.64. The van der Waals surface area contributed by atoms with E-state index >= 15 is 0 Å². The molecule has 108 valence electrons. The van der Waals surface area contributed by atoms with Gasteiger partial charge in [-0.05, 0) is 12.5 Å². The first-order chi connectivity index (χ1) is 9.70. The summed E-state index contributed by atoms with van der Waals surface area (Å²) < 4.78 is 10.00. The summed E-state index contributed by atoms with van der Waals surface area (Å²) in [6.07, 6.45) is 0. The lowest BCUT2D eigenvalue weighted by Gasteiger charge is -2.26. The molecule has 0 spiro atoms. The minimum atomic E-state index is -0.798. The first-order valence-corrected chi connectivity index (χ1v) is 6.81. The summed E-state index contributed by atoms with van der Waals surface area (Å²) >= 11 is 0. The van der Waals surface area contributed by atoms with Gasteiger partial charge in [-0.15, -0.1) is 0 Å². The van der Waals surface area contributed by atoms with Crippen molar-refractivity contribution in [3.05, 3.63) is 35.4 Å². The largest absolute Gasteiger partial charge is 0.460 e. The van der Waals surface area contributed by atoms with Crippen molar-refractivity contribution in [2.45, 2.75) is 13.5 Å². The second-order valence-electron chi connectivity index (χ2n) is 4.64. The molecule has 0 atom stereocenters. The van der Waals surface area contributed by atoms with Gasteiger partial charge in [0.2, 0.25) is 0 Å². The van der Waals surface area contributed by atoms with E-state index in [1.54, 1.807) is 19.1 Å². The van der Waals surface area contributed by atoms with Crippen molar-refractivity contribution >= 4 is 11.8 Å². The molecule has 2 rings (SSSR count). The highest BCUT2D eigenvalue weighted by atomic mass is 16.5. The van der Waals surface area contributed by atoms with Crippen molar-refractivity contribution in [3.8, 4) is 0 Å². The zero-order valence-corrected chi connectivity index (χ0v) is 11.6. The van der Waals surface area contributed by atoms with Crippen LogP contribution in [0.5, 0.6) is 0 Å². The summed E-state index contributed by atoms with van der Waals surface area (Å²) in [5.41, 5.74) is 1.49. The van der Waals surface area contributed by atoms with E-state index in [1.165, 1.54) is 0 Å². The molecule has 1 heterocycles. The Balaban J connectivity index is 1.95. The van der Waals surface area contributed by atoms with E-state index in [-0.39, 0.29) is 6.61 Å². The van der Waals surface area contributed by atoms with E-state index in [4.69, 9.17) is 9.47 Å². The fraction of sp³-hybridized carbons (Fsp3) is 0.467. The lowest BCUT2D eigenvalue weighted by atomic mass is 10.1. The summed E-state index contributed by atoms with van der Waals surface area (Å²) in [6.45, 7) is 6.08. The molecular formula is C15H19NO4. The van der Waals surface area contributed by atoms with Gasteiger partial charge in [0, 0.05) is 25.2 Å². The maximum atomic E-state index is 11.7. The Labute approximate surface area is 118 Å². The Morgan fingerprint density at radius 3 is 2.45 bits per heavy atom. The number of carbonyl (C=O) groups is 2. The van der Waals surface area contributed by atoms with Crippen LogP contribution in [0.15, 0.2) is 24.3 Å². The number of carbonyl (C=O) groups excluding carboxylic acids is 2. The molecule has 0 N–H and O–H groups in total. The lowest BCUT2D eigenvalue weighted by Crippen LogP contribution is -2.35. The van der Waals surface area contributed by atoms with E-state index in [0.717, 1.165) is 38.4 Å². The molecule has 0 unspecified atom stereocenters. The predicted molar refractivity (Wildman–Crippen MR) is 73.5 cm³/mol. The number of ether oxygens (including phenoxy) is 2. The minimum Gasteiger partial charge on any atom is -0.460 e. The Hall–Kier alpha value is -1.72. The topological polar surface area (TPSA) is 55.8 Å². The first-order valence-electron chi connectivity index (χ1n) is 6.81. The number of rotatable bonds is 5. The number of esters is 1. The standard InChI is InChI=1S/C15H19NO4/c1-2-20-15(18)14(17)13-5-3-12(4-6-13)11-16-7-9-19-10-8-16/h3-6H,2,7-11H2,1H3. The smallest absolute Gasteiger partial charge is 0.379 e. The molecule has 1 aliphatic heterocycles. The summed E-state index contributed by atoms with van der Waals surface area (Å²) in [6, 6.07) is 7.11. The zero-order valence-electron chi connectivity index (χ0n) is 11.6. The van der Waals surface area contributed by atoms with E-state index in [9.17, 15) is 9.59 Å². The van der Waals surface area contributed by atoms with Gasteiger partial charge in [-0.3, -0.25) is 9.69 Å². The Morgan fingerprint density at radius 1 is 1.20 bits per heavy atom. The van der Waals surface area contributed by atoms with Gasteiger partial charge >= 0.3 is 5.97 Å². The van der Waals surface area contributed by atoms with Crippen molar-refractivity contribution in [1.29, 1.82) is 0 Å². The van der Waals surface area contributed by atoms with Crippen molar-refractivity contribution in [2.24, 2.45) is 0 Å². The SMILES string of the molecule is CCOC(=O)C(=O)c1ccc(CN2CCOCC2)cc1. The molecule has 1 fully saturated rings. The van der Waals surface area contributed by atoms with Gasteiger partial charge in [0.1, 0.15) is 0 Å². The third-order valence-corrected chi connectivity index (χ3v) is 3.19. The number of hydrogen-bond donors (Lipinski definition) is 0. The van der Waals surface area contributed by atoms with Crippen molar-refractivity contribution in [1.82, 2.24) is 4.90 Å². The predicted octanol–water partition coefficient (Wildman–Crippen LogP) is 1.26. The van der Waals surface area contributed by atoms with E-state index in [2.05, 4.69) is 4.90 Å². The number of nitrogens with zero attached hydrogens (tertiary/aromatic N) is 1. The zero-order chi connectivity index (χ0) is 14.4. The highest BCUT2D eigenvalue weighted by molar-refractivity contribution is 6.40. The Kier molecular flexibility index (Phi) is 5.26. The molecule has 0 aliphatic carbocycles. The minimum absolute atomic E-state index is 0.208. The molecule has 1 aromatic carbocycles. The van der Waals surface area contributed by atoms with Gasteiger partial charge in [-0.2, -0.15) is 0 Å². The van der Waals surface area contributed by atoms with Crippen LogP contribution in [0.1, 0.15) is 22.8 Å². The quantitative estimate of drug-likeness (QED) is 0.461. The van der Waals surface area contributed by atoms with Crippen LogP contribution >= 0.6 is 0 Å². The summed E-state index contributed by atoms with van der Waals surface area (Å²) in [5.74, 6) is -1.39. The monoisotopic (exact) mass is 277 g/mol. The fourth-order valence-corrected chi connectivity index (χ4v) is 2.09. The van der Waals surface area contributed by atoms with Crippen LogP contribution in [-0.2, 0) is 20.8 Å². The van der Waals surface area contributed by atoms with Crippen LogP contribution < -0.4 is 0 Å². The fourth-order valence-electron chi connectivity index (χ4n) is 2.09. The molecule has 0 amide bonds. The molecule has 20 heavy (non-hydrogen) atoms. The van der Waals surface area contributed by atoms with Gasteiger partial charge in [0.05, 0.1) is 19.8 Å². The number of morpholine rings is 1. The molecule has 0 bridgehead atoms. The lowest BCUT2D eigenvalue weighted by molar-refractivity contribution is -0.137. The van der Waals surface area contributed by atoms with E-state index in [0.29, 0.717) is 5.56 Å². The summed E-state index contributed by atoms with van der Waals surface area (Å²) in [5, 5.41) is 0. The average Bonchev–Trinajstić information content (AvgIpc) is 2.48. The van der Waals surface area contributed by atoms with Crippen molar-refractivity contribution in [2.75, 3.05) is 32.9 Å². The van der Waals surface area contributed by atoms with Crippen LogP contribution in [0.25, 0.3) is 0 Å². The maximum Gasteiger partial charge on any atom is 0.379 e. The van der Waals surface area contributed by atoms with Crippen molar-refractivity contribution in [3.63, 3.8) is 0 Å². The van der Waals surface area contributed by atoms with Crippen LogP contribution in [0.3, 0.4) is 0 Å². The molecule has 5 nitrogen and oxygen atoms in total. The highest BCUT2D eigenvalue weighted by Crippen LogP contribution is 2.10. The number of Topliss-reactive ketones (excluding diaryl/α,β-unsaturated/α-hetero) is 1. The molecular weight excluding hydrogens is 258 g/mol. The normalized spacial score (nSPS) is 15.8. The van der Waals surface area contributed by atoms with Gasteiger partial charge in [0.15, 0.2) is 0 Å². The average molecular weight is 277 g/mol. The van der Waals surface area contributed by atoms with Gasteiger partial charge in [-0.1, -0.05) is 24.3 Å².